The van der Waals surface area contributed by atoms with Crippen molar-refractivity contribution in [3.8, 4) is 10.8 Å². The molecule has 2 unspecified atom stereocenters. The molecule has 1 fully saturated rings. The molecule has 3 rings (SSSR count). The second-order valence-corrected chi connectivity index (χ2v) is 6.93. The maximum atomic E-state index is 13.0. The molecule has 24 heavy (non-hydrogen) atoms. The third-order valence-corrected chi connectivity index (χ3v) is 5.31. The van der Waals surface area contributed by atoms with Crippen LogP contribution in [-0.4, -0.2) is 44.4 Å². The minimum absolute atomic E-state index is 0. The van der Waals surface area contributed by atoms with Gasteiger partial charge in [0.25, 0.3) is 5.91 Å². The standard InChI is InChI=1S/C16H21N5OS.ClH/c1-10(17)12-6-3-4-9-21(12)16(22)13-11(2)20-15(23-13)14-18-7-5-8-19-14;/h5,7-8,10,12H,3-4,6,9,17H2,1-2H3;1H. The van der Waals surface area contributed by atoms with Crippen molar-refractivity contribution in [1.29, 1.82) is 0 Å². The van der Waals surface area contributed by atoms with E-state index < -0.39 is 0 Å². The van der Waals surface area contributed by atoms with Crippen LogP contribution in [0.5, 0.6) is 0 Å². The van der Waals surface area contributed by atoms with E-state index in [1.165, 1.54) is 11.3 Å². The number of nitrogens with two attached hydrogens (primary N) is 1. The van der Waals surface area contributed by atoms with Crippen molar-refractivity contribution in [3.05, 3.63) is 29.0 Å². The summed E-state index contributed by atoms with van der Waals surface area (Å²) in [6.45, 7) is 4.60. The molecule has 3 heterocycles. The highest BCUT2D eigenvalue weighted by Gasteiger charge is 2.32. The molecule has 0 bridgehead atoms. The van der Waals surface area contributed by atoms with Crippen LogP contribution in [0.3, 0.4) is 0 Å². The van der Waals surface area contributed by atoms with E-state index in [1.807, 2.05) is 18.7 Å². The summed E-state index contributed by atoms with van der Waals surface area (Å²) in [5.74, 6) is 0.589. The number of carbonyl (C=O) groups excluding carboxylic acids is 1. The third kappa shape index (κ3) is 3.74. The highest BCUT2D eigenvalue weighted by atomic mass is 35.5. The van der Waals surface area contributed by atoms with Gasteiger partial charge >= 0.3 is 0 Å². The first-order valence-electron chi connectivity index (χ1n) is 7.89. The zero-order valence-corrected chi connectivity index (χ0v) is 15.4. The zero-order valence-electron chi connectivity index (χ0n) is 13.8. The summed E-state index contributed by atoms with van der Waals surface area (Å²) in [6.07, 6.45) is 6.48. The predicted molar refractivity (Wildman–Crippen MR) is 97.4 cm³/mol. The summed E-state index contributed by atoms with van der Waals surface area (Å²) in [7, 11) is 0. The van der Waals surface area contributed by atoms with Gasteiger partial charge in [0.15, 0.2) is 10.8 Å². The van der Waals surface area contributed by atoms with E-state index in [1.54, 1.807) is 18.5 Å². The van der Waals surface area contributed by atoms with Gasteiger partial charge in [-0.2, -0.15) is 0 Å². The lowest BCUT2D eigenvalue weighted by Gasteiger charge is -2.37. The lowest BCUT2D eigenvalue weighted by atomic mass is 9.96. The predicted octanol–water partition coefficient (Wildman–Crippen LogP) is 2.67. The van der Waals surface area contributed by atoms with E-state index >= 15 is 0 Å². The molecule has 0 aliphatic carbocycles. The number of piperidine rings is 1. The molecule has 130 valence electrons. The molecule has 2 N–H and O–H groups in total. The van der Waals surface area contributed by atoms with E-state index in [0.29, 0.717) is 15.7 Å². The number of aromatic nitrogens is 3. The lowest BCUT2D eigenvalue weighted by Crippen LogP contribution is -2.51. The monoisotopic (exact) mass is 367 g/mol. The Hall–Kier alpha value is -1.57. The minimum atomic E-state index is -0.0237. The van der Waals surface area contributed by atoms with E-state index in [2.05, 4.69) is 15.0 Å². The van der Waals surface area contributed by atoms with Gasteiger partial charge in [0.05, 0.1) is 5.69 Å². The summed E-state index contributed by atoms with van der Waals surface area (Å²) in [4.78, 5) is 28.5. The Bertz CT molecular complexity index is 691. The Morgan fingerprint density at radius 1 is 1.38 bits per heavy atom. The van der Waals surface area contributed by atoms with Crippen LogP contribution in [0.1, 0.15) is 41.6 Å². The Morgan fingerprint density at radius 3 is 2.75 bits per heavy atom. The number of thiazole rings is 1. The van der Waals surface area contributed by atoms with Crippen LogP contribution in [0, 0.1) is 6.92 Å². The molecule has 2 aromatic heterocycles. The molecule has 6 nitrogen and oxygen atoms in total. The van der Waals surface area contributed by atoms with Crippen LogP contribution >= 0.6 is 23.7 Å². The number of likely N-dealkylation sites (tertiary alicyclic amines) is 1. The first-order valence-corrected chi connectivity index (χ1v) is 8.71. The second-order valence-electron chi connectivity index (χ2n) is 5.93. The second kappa shape index (κ2) is 8.00. The normalized spacial score (nSPS) is 18.8. The van der Waals surface area contributed by atoms with E-state index in [-0.39, 0.29) is 30.4 Å². The van der Waals surface area contributed by atoms with Gasteiger partial charge in [-0.3, -0.25) is 4.79 Å². The Kier molecular flexibility index (Phi) is 6.26. The van der Waals surface area contributed by atoms with Crippen molar-refractivity contribution >= 4 is 29.7 Å². The van der Waals surface area contributed by atoms with Crippen molar-refractivity contribution in [3.63, 3.8) is 0 Å². The van der Waals surface area contributed by atoms with Gasteiger partial charge < -0.3 is 10.6 Å². The van der Waals surface area contributed by atoms with Crippen LogP contribution in [-0.2, 0) is 0 Å². The maximum Gasteiger partial charge on any atom is 0.266 e. The average molecular weight is 368 g/mol. The average Bonchev–Trinajstić information content (AvgIpc) is 2.97. The Labute approximate surface area is 151 Å². The molecule has 0 spiro atoms. The summed E-state index contributed by atoms with van der Waals surface area (Å²) in [5.41, 5.74) is 6.81. The number of aryl methyl sites for hydroxylation is 1. The minimum Gasteiger partial charge on any atom is -0.333 e. The fourth-order valence-electron chi connectivity index (χ4n) is 2.99. The van der Waals surface area contributed by atoms with Crippen LogP contribution in [0.4, 0.5) is 0 Å². The molecule has 0 radical (unpaired) electrons. The topological polar surface area (TPSA) is 85.0 Å². The van der Waals surface area contributed by atoms with Gasteiger partial charge in [-0.05, 0) is 39.2 Å². The number of hydrogen-bond donors (Lipinski definition) is 1. The molecule has 1 aliphatic rings. The maximum absolute atomic E-state index is 13.0. The van der Waals surface area contributed by atoms with Crippen molar-refractivity contribution in [2.24, 2.45) is 5.73 Å². The van der Waals surface area contributed by atoms with Crippen molar-refractivity contribution < 1.29 is 4.79 Å². The summed E-state index contributed by atoms with van der Waals surface area (Å²) >= 11 is 1.36. The number of carbonyl (C=O) groups is 1. The van der Waals surface area contributed by atoms with Crippen LogP contribution in [0.15, 0.2) is 18.5 Å². The summed E-state index contributed by atoms with van der Waals surface area (Å²) in [5, 5.41) is 0.681. The molecule has 8 heteroatoms. The zero-order chi connectivity index (χ0) is 16.4. The first-order chi connectivity index (χ1) is 11.1. The third-order valence-electron chi connectivity index (χ3n) is 4.16. The van der Waals surface area contributed by atoms with Gasteiger partial charge in [0.2, 0.25) is 0 Å². The molecule has 0 aromatic carbocycles. The molecular weight excluding hydrogens is 346 g/mol. The van der Waals surface area contributed by atoms with Gasteiger partial charge in [-0.1, -0.05) is 0 Å². The highest BCUT2D eigenvalue weighted by Crippen LogP contribution is 2.29. The van der Waals surface area contributed by atoms with E-state index in [4.69, 9.17) is 5.73 Å². The Balaban J connectivity index is 0.00000208. The molecule has 1 amide bonds. The van der Waals surface area contributed by atoms with Crippen LogP contribution in [0.25, 0.3) is 10.8 Å². The van der Waals surface area contributed by atoms with Crippen LogP contribution < -0.4 is 5.73 Å². The fraction of sp³-hybridized carbons (Fsp3) is 0.500. The van der Waals surface area contributed by atoms with Gasteiger partial charge in [-0.15, -0.1) is 23.7 Å². The Morgan fingerprint density at radius 2 is 2.08 bits per heavy atom. The largest absolute Gasteiger partial charge is 0.333 e. The van der Waals surface area contributed by atoms with Gasteiger partial charge in [0.1, 0.15) is 4.88 Å². The molecule has 0 saturated carbocycles. The quantitative estimate of drug-likeness (QED) is 0.901. The number of rotatable bonds is 3. The van der Waals surface area contributed by atoms with Gasteiger partial charge in [0, 0.05) is 31.0 Å². The molecule has 2 atom stereocenters. The molecule has 1 saturated heterocycles. The molecular formula is C16H22ClN5OS. The molecule has 2 aromatic rings. The van der Waals surface area contributed by atoms with E-state index in [0.717, 1.165) is 31.5 Å². The summed E-state index contributed by atoms with van der Waals surface area (Å²) < 4.78 is 0. The number of hydrogen-bond acceptors (Lipinski definition) is 6. The first kappa shape index (κ1) is 18.8. The van der Waals surface area contributed by atoms with Crippen molar-refractivity contribution in [2.45, 2.75) is 45.2 Å². The fourth-order valence-corrected chi connectivity index (χ4v) is 3.96. The summed E-state index contributed by atoms with van der Waals surface area (Å²) in [6, 6.07) is 1.84. The van der Waals surface area contributed by atoms with Gasteiger partial charge in [-0.25, -0.2) is 15.0 Å². The SMILES string of the molecule is Cc1nc(-c2ncccn2)sc1C(=O)N1CCCCC1C(C)N.Cl. The number of amides is 1. The smallest absolute Gasteiger partial charge is 0.266 e. The number of halogens is 1. The van der Waals surface area contributed by atoms with E-state index in [9.17, 15) is 4.79 Å². The van der Waals surface area contributed by atoms with Crippen molar-refractivity contribution in [2.75, 3.05) is 6.54 Å². The highest BCUT2D eigenvalue weighted by molar-refractivity contribution is 7.17. The number of nitrogens with zero attached hydrogens (tertiary/aromatic N) is 4. The van der Waals surface area contributed by atoms with Crippen molar-refractivity contribution in [1.82, 2.24) is 19.9 Å². The van der Waals surface area contributed by atoms with Crippen LogP contribution in [0.2, 0.25) is 0 Å². The lowest BCUT2D eigenvalue weighted by molar-refractivity contribution is 0.0588. The molecule has 1 aliphatic heterocycles.